The molecule has 2 aromatic rings. The number of fused-ring (bicyclic) bond motifs is 1. The molecule has 0 radical (unpaired) electrons. The molecule has 1 heterocycles. The van der Waals surface area contributed by atoms with Crippen molar-refractivity contribution in [1.29, 1.82) is 0 Å². The van der Waals surface area contributed by atoms with E-state index in [0.29, 0.717) is 13.2 Å². The molecule has 0 spiro atoms. The van der Waals surface area contributed by atoms with Gasteiger partial charge in [-0.05, 0) is 23.6 Å². The zero-order valence-electron chi connectivity index (χ0n) is 13.2. The highest BCUT2D eigenvalue weighted by Gasteiger charge is 2.18. The van der Waals surface area contributed by atoms with Crippen molar-refractivity contribution in [2.24, 2.45) is 5.10 Å². The Balaban J connectivity index is 1.54. The molecule has 1 aliphatic heterocycles. The van der Waals surface area contributed by atoms with Crippen molar-refractivity contribution in [3.05, 3.63) is 48.0 Å². The van der Waals surface area contributed by atoms with E-state index >= 15 is 0 Å². The molecule has 2 amide bonds. The number of nitrogens with one attached hydrogen (secondary N) is 2. The van der Waals surface area contributed by atoms with Crippen molar-refractivity contribution in [3.8, 4) is 0 Å². The highest BCUT2D eigenvalue weighted by Crippen LogP contribution is 2.16. The molecule has 1 aliphatic rings. The first-order valence-electron chi connectivity index (χ1n) is 7.94. The molecule has 0 aromatic heterocycles. The summed E-state index contributed by atoms with van der Waals surface area (Å²) in [4.78, 5) is 23.4. The van der Waals surface area contributed by atoms with Crippen LogP contribution in [0.1, 0.15) is 18.4 Å². The Kier molecular flexibility index (Phi) is 5.18. The van der Waals surface area contributed by atoms with E-state index in [-0.39, 0.29) is 6.10 Å². The van der Waals surface area contributed by atoms with Crippen LogP contribution in [0.5, 0.6) is 0 Å². The van der Waals surface area contributed by atoms with E-state index in [2.05, 4.69) is 15.8 Å². The fourth-order valence-corrected chi connectivity index (χ4v) is 2.67. The van der Waals surface area contributed by atoms with Gasteiger partial charge in [-0.1, -0.05) is 42.5 Å². The maximum Gasteiger partial charge on any atom is 0.329 e. The summed E-state index contributed by atoms with van der Waals surface area (Å²) in [6, 6.07) is 13.7. The number of carbonyl (C=O) groups is 2. The molecule has 0 aliphatic carbocycles. The van der Waals surface area contributed by atoms with E-state index in [9.17, 15) is 9.59 Å². The normalized spacial score (nSPS) is 17.2. The van der Waals surface area contributed by atoms with Crippen LogP contribution in [0.2, 0.25) is 0 Å². The molecular weight excluding hydrogens is 306 g/mol. The zero-order chi connectivity index (χ0) is 16.8. The van der Waals surface area contributed by atoms with Crippen LogP contribution in [0.15, 0.2) is 47.6 Å². The van der Waals surface area contributed by atoms with Gasteiger partial charge in [-0.3, -0.25) is 9.59 Å². The third-order valence-corrected chi connectivity index (χ3v) is 3.91. The van der Waals surface area contributed by atoms with Crippen molar-refractivity contribution in [1.82, 2.24) is 10.7 Å². The number of hydrazone groups is 1. The van der Waals surface area contributed by atoms with E-state index < -0.39 is 11.8 Å². The Morgan fingerprint density at radius 2 is 2.00 bits per heavy atom. The third-order valence-electron chi connectivity index (χ3n) is 3.91. The largest absolute Gasteiger partial charge is 0.376 e. The van der Waals surface area contributed by atoms with Gasteiger partial charge in [0.2, 0.25) is 0 Å². The topological polar surface area (TPSA) is 79.8 Å². The molecule has 24 heavy (non-hydrogen) atoms. The quantitative estimate of drug-likeness (QED) is 0.509. The van der Waals surface area contributed by atoms with Crippen LogP contribution in [0, 0.1) is 0 Å². The first-order valence-corrected chi connectivity index (χ1v) is 7.94. The lowest BCUT2D eigenvalue weighted by molar-refractivity contribution is -0.139. The van der Waals surface area contributed by atoms with Crippen molar-refractivity contribution >= 4 is 28.8 Å². The Labute approximate surface area is 139 Å². The fourth-order valence-electron chi connectivity index (χ4n) is 2.67. The SMILES string of the molecule is O=C(NC[C@H]1CCCO1)C(=O)N/N=C\c1cccc2ccccc12. The third kappa shape index (κ3) is 3.97. The summed E-state index contributed by atoms with van der Waals surface area (Å²) in [5.41, 5.74) is 3.12. The Bertz CT molecular complexity index is 762. The van der Waals surface area contributed by atoms with Crippen LogP contribution in [-0.2, 0) is 14.3 Å². The predicted octanol–water partition coefficient (Wildman–Crippen LogP) is 1.59. The molecule has 124 valence electrons. The second-order valence-corrected chi connectivity index (χ2v) is 5.61. The van der Waals surface area contributed by atoms with Crippen LogP contribution in [-0.4, -0.2) is 37.3 Å². The number of nitrogens with zero attached hydrogens (tertiary/aromatic N) is 1. The molecule has 2 aromatic carbocycles. The van der Waals surface area contributed by atoms with E-state index in [1.807, 2.05) is 42.5 Å². The number of rotatable bonds is 4. The molecule has 1 saturated heterocycles. The average molecular weight is 325 g/mol. The number of ether oxygens (including phenoxy) is 1. The van der Waals surface area contributed by atoms with E-state index in [1.165, 1.54) is 6.21 Å². The van der Waals surface area contributed by atoms with Gasteiger partial charge in [0, 0.05) is 18.7 Å². The molecular formula is C18H19N3O3. The second-order valence-electron chi connectivity index (χ2n) is 5.61. The summed E-state index contributed by atoms with van der Waals surface area (Å²) in [5.74, 6) is -1.50. The standard InChI is InChI=1S/C18H19N3O3/c22-17(19-12-15-8-4-10-24-15)18(23)21-20-11-14-7-3-6-13-5-1-2-9-16(13)14/h1-3,5-7,9,11,15H,4,8,10,12H2,(H,19,22)(H,21,23)/b20-11-/t15-/m1/s1. The molecule has 6 heteroatoms. The van der Waals surface area contributed by atoms with Crippen molar-refractivity contribution in [3.63, 3.8) is 0 Å². The minimum absolute atomic E-state index is 0.000865. The van der Waals surface area contributed by atoms with Crippen LogP contribution >= 0.6 is 0 Å². The lowest BCUT2D eigenvalue weighted by atomic mass is 10.1. The monoisotopic (exact) mass is 325 g/mol. The predicted molar refractivity (Wildman–Crippen MR) is 91.7 cm³/mol. The minimum Gasteiger partial charge on any atom is -0.376 e. The molecule has 2 N–H and O–H groups in total. The number of amides is 2. The van der Waals surface area contributed by atoms with Gasteiger partial charge in [0.15, 0.2) is 0 Å². The van der Waals surface area contributed by atoms with Gasteiger partial charge in [0.1, 0.15) is 0 Å². The summed E-state index contributed by atoms with van der Waals surface area (Å²) in [6.45, 7) is 1.06. The molecule has 1 atom stereocenters. The number of carbonyl (C=O) groups excluding carboxylic acids is 2. The summed E-state index contributed by atoms with van der Waals surface area (Å²) >= 11 is 0. The Morgan fingerprint density at radius 1 is 1.17 bits per heavy atom. The summed E-state index contributed by atoms with van der Waals surface area (Å²) in [6.07, 6.45) is 3.43. The van der Waals surface area contributed by atoms with E-state index in [0.717, 1.165) is 29.2 Å². The first-order chi connectivity index (χ1) is 11.7. The van der Waals surface area contributed by atoms with E-state index in [4.69, 9.17) is 4.74 Å². The van der Waals surface area contributed by atoms with Gasteiger partial charge in [-0.25, -0.2) is 5.43 Å². The van der Waals surface area contributed by atoms with Crippen molar-refractivity contribution in [2.75, 3.05) is 13.2 Å². The highest BCUT2D eigenvalue weighted by atomic mass is 16.5. The van der Waals surface area contributed by atoms with Gasteiger partial charge in [0.05, 0.1) is 12.3 Å². The van der Waals surface area contributed by atoms with Crippen molar-refractivity contribution < 1.29 is 14.3 Å². The zero-order valence-corrected chi connectivity index (χ0v) is 13.2. The Hall–Kier alpha value is -2.73. The number of hydrogen-bond donors (Lipinski definition) is 2. The van der Waals surface area contributed by atoms with Gasteiger partial charge >= 0.3 is 11.8 Å². The molecule has 1 fully saturated rings. The van der Waals surface area contributed by atoms with Gasteiger partial charge in [-0.2, -0.15) is 5.10 Å². The lowest BCUT2D eigenvalue weighted by Gasteiger charge is -2.09. The highest BCUT2D eigenvalue weighted by molar-refractivity contribution is 6.35. The average Bonchev–Trinajstić information content (AvgIpc) is 3.13. The van der Waals surface area contributed by atoms with E-state index in [1.54, 1.807) is 0 Å². The molecule has 0 unspecified atom stereocenters. The summed E-state index contributed by atoms with van der Waals surface area (Å²) in [5, 5.41) is 8.54. The lowest BCUT2D eigenvalue weighted by Crippen LogP contribution is -2.41. The first kappa shape index (κ1) is 16.1. The smallest absolute Gasteiger partial charge is 0.329 e. The summed E-state index contributed by atoms with van der Waals surface area (Å²) in [7, 11) is 0. The van der Waals surface area contributed by atoms with Crippen LogP contribution in [0.4, 0.5) is 0 Å². The second kappa shape index (κ2) is 7.70. The Morgan fingerprint density at radius 3 is 2.83 bits per heavy atom. The van der Waals surface area contributed by atoms with Gasteiger partial charge in [-0.15, -0.1) is 0 Å². The van der Waals surface area contributed by atoms with Crippen LogP contribution < -0.4 is 10.7 Å². The van der Waals surface area contributed by atoms with Crippen LogP contribution in [0.25, 0.3) is 10.8 Å². The van der Waals surface area contributed by atoms with Crippen molar-refractivity contribution in [2.45, 2.75) is 18.9 Å². The fraction of sp³-hybridized carbons (Fsp3) is 0.278. The number of hydrogen-bond acceptors (Lipinski definition) is 4. The minimum atomic E-state index is -0.788. The molecule has 6 nitrogen and oxygen atoms in total. The summed E-state index contributed by atoms with van der Waals surface area (Å²) < 4.78 is 5.39. The molecule has 0 saturated carbocycles. The van der Waals surface area contributed by atoms with Gasteiger partial charge < -0.3 is 10.1 Å². The molecule has 3 rings (SSSR count). The van der Waals surface area contributed by atoms with Gasteiger partial charge in [0.25, 0.3) is 0 Å². The maximum atomic E-state index is 11.7. The maximum absolute atomic E-state index is 11.7. The number of benzene rings is 2. The molecule has 0 bridgehead atoms. The van der Waals surface area contributed by atoms with Crippen LogP contribution in [0.3, 0.4) is 0 Å².